The maximum absolute atomic E-state index is 10.8. The number of pyridine rings is 1. The number of aromatic nitrogens is 1. The predicted octanol–water partition coefficient (Wildman–Crippen LogP) is 1.58. The summed E-state index contributed by atoms with van der Waals surface area (Å²) in [7, 11) is 0. The number of hydrogen-bond acceptors (Lipinski definition) is 4. The van der Waals surface area contributed by atoms with Crippen molar-refractivity contribution in [3.63, 3.8) is 0 Å². The first-order valence-corrected chi connectivity index (χ1v) is 6.91. The van der Waals surface area contributed by atoms with E-state index < -0.39 is 11.4 Å². The summed E-state index contributed by atoms with van der Waals surface area (Å²) in [5.41, 5.74) is 0.917. The maximum atomic E-state index is 10.8. The van der Waals surface area contributed by atoms with E-state index in [0.717, 1.165) is 11.4 Å². The van der Waals surface area contributed by atoms with E-state index in [4.69, 9.17) is 0 Å². The Morgan fingerprint density at radius 1 is 1.57 bits per heavy atom. The van der Waals surface area contributed by atoms with Crippen LogP contribution in [0.5, 0.6) is 0 Å². The molecule has 0 aromatic carbocycles. The Morgan fingerprint density at radius 3 is 2.86 bits per heavy atom. The molecule has 0 fully saturated rings. The van der Waals surface area contributed by atoms with E-state index >= 15 is 0 Å². The van der Waals surface area contributed by atoms with Crippen LogP contribution in [-0.4, -0.2) is 21.5 Å². The molecule has 3 nitrogen and oxygen atoms in total. The molecule has 14 heavy (non-hydrogen) atoms. The number of hydrogen-bond donors (Lipinski definition) is 1. The second kappa shape index (κ2) is 6.29. The zero-order valence-electron chi connectivity index (χ0n) is 8.32. The average molecular weight is 230 g/mol. The molecule has 5 heteroatoms. The van der Waals surface area contributed by atoms with Gasteiger partial charge in [-0.05, 0) is 17.9 Å². The highest BCUT2D eigenvalue weighted by Gasteiger charge is 1.99. The molecule has 1 aromatic rings. The first-order valence-electron chi connectivity index (χ1n) is 4.37. The highest BCUT2D eigenvalue weighted by Crippen LogP contribution is 2.15. The molecule has 1 heterocycles. The lowest BCUT2D eigenvalue weighted by molar-refractivity contribution is 0.585. The highest BCUT2D eigenvalue weighted by molar-refractivity contribution is 7.99. The monoisotopic (exact) mass is 230 g/mol. The average Bonchev–Trinajstić information content (AvgIpc) is 2.17. The third-order valence-electron chi connectivity index (χ3n) is 1.57. The number of rotatable bonds is 5. The topological polar surface area (TPSA) is 48.0 Å². The summed E-state index contributed by atoms with van der Waals surface area (Å²) in [5, 5.41) is 0. The zero-order chi connectivity index (χ0) is 10.4. The molecule has 1 aromatic heterocycles. The minimum absolute atomic E-state index is 0.556. The van der Waals surface area contributed by atoms with Crippen molar-refractivity contribution in [1.29, 1.82) is 0 Å². The standard InChI is InChI=1S/C9H14N2OS2/c1-3-13-9-5-4-8(10-7-9)6-11-14(2)12/h4-5,7,11H,3,6H2,1-2H3. The smallest absolute Gasteiger partial charge is 0.115 e. The summed E-state index contributed by atoms with van der Waals surface area (Å²) >= 11 is 0.795. The van der Waals surface area contributed by atoms with E-state index in [9.17, 15) is 4.55 Å². The molecule has 0 aliphatic heterocycles. The summed E-state index contributed by atoms with van der Waals surface area (Å²) < 4.78 is 13.6. The molecule has 1 atom stereocenters. The molecule has 78 valence electrons. The van der Waals surface area contributed by atoms with E-state index in [0.29, 0.717) is 6.54 Å². The second-order valence-electron chi connectivity index (χ2n) is 2.69. The van der Waals surface area contributed by atoms with Gasteiger partial charge in [-0.25, -0.2) is 0 Å². The third kappa shape index (κ3) is 4.32. The van der Waals surface area contributed by atoms with Crippen molar-refractivity contribution in [2.45, 2.75) is 18.4 Å². The van der Waals surface area contributed by atoms with Crippen molar-refractivity contribution in [2.24, 2.45) is 0 Å². The van der Waals surface area contributed by atoms with Crippen LogP contribution in [0.2, 0.25) is 0 Å². The van der Waals surface area contributed by atoms with Crippen LogP contribution in [0.4, 0.5) is 0 Å². The van der Waals surface area contributed by atoms with Gasteiger partial charge in [-0.15, -0.1) is 16.5 Å². The Kier molecular flexibility index (Phi) is 5.32. The normalized spacial score (nSPS) is 12.8. The molecule has 0 spiro atoms. The van der Waals surface area contributed by atoms with Gasteiger partial charge in [-0.3, -0.25) is 4.98 Å². The molecule has 0 saturated heterocycles. The quantitative estimate of drug-likeness (QED) is 0.616. The molecule has 0 aliphatic rings. The van der Waals surface area contributed by atoms with Crippen molar-refractivity contribution >= 4 is 23.1 Å². The van der Waals surface area contributed by atoms with Gasteiger partial charge in [0, 0.05) is 22.5 Å². The van der Waals surface area contributed by atoms with E-state index in [1.54, 1.807) is 18.0 Å². The van der Waals surface area contributed by atoms with E-state index in [2.05, 4.69) is 16.6 Å². The third-order valence-corrected chi connectivity index (χ3v) is 2.98. The number of nitrogens with one attached hydrogen (secondary N) is 1. The lowest BCUT2D eigenvalue weighted by Gasteiger charge is -2.05. The Labute approximate surface area is 92.0 Å². The van der Waals surface area contributed by atoms with Crippen molar-refractivity contribution < 1.29 is 4.55 Å². The molecule has 0 aliphatic carbocycles. The van der Waals surface area contributed by atoms with E-state index in [-0.39, 0.29) is 0 Å². The highest BCUT2D eigenvalue weighted by atomic mass is 32.2. The van der Waals surface area contributed by atoms with Crippen LogP contribution in [0.1, 0.15) is 12.6 Å². The molecule has 1 rings (SSSR count). The Balaban J connectivity index is 2.46. The number of thioether (sulfide) groups is 1. The van der Waals surface area contributed by atoms with E-state index in [1.807, 2.05) is 18.3 Å². The zero-order valence-corrected chi connectivity index (χ0v) is 9.95. The van der Waals surface area contributed by atoms with Gasteiger partial charge in [0.15, 0.2) is 0 Å². The summed E-state index contributed by atoms with van der Waals surface area (Å²) in [6.07, 6.45) is 3.46. The molecular formula is C9H14N2OS2. The largest absolute Gasteiger partial charge is 0.598 e. The first-order chi connectivity index (χ1) is 6.72. The van der Waals surface area contributed by atoms with Crippen LogP contribution in [0, 0.1) is 0 Å². The second-order valence-corrected chi connectivity index (χ2v) is 5.23. The van der Waals surface area contributed by atoms with Gasteiger partial charge in [0.1, 0.15) is 6.26 Å². The molecule has 0 bridgehead atoms. The Hall–Kier alpha value is -0.230. The minimum Gasteiger partial charge on any atom is -0.598 e. The van der Waals surface area contributed by atoms with Crippen molar-refractivity contribution in [3.05, 3.63) is 24.0 Å². The first kappa shape index (κ1) is 11.8. The lowest BCUT2D eigenvalue weighted by Crippen LogP contribution is -2.21. The van der Waals surface area contributed by atoms with Crippen LogP contribution in [-0.2, 0) is 17.9 Å². The summed E-state index contributed by atoms with van der Waals surface area (Å²) in [4.78, 5) is 5.43. The molecular weight excluding hydrogens is 216 g/mol. The fourth-order valence-corrected chi connectivity index (χ4v) is 1.92. The van der Waals surface area contributed by atoms with Crippen molar-refractivity contribution in [2.75, 3.05) is 12.0 Å². The molecule has 1 unspecified atom stereocenters. The van der Waals surface area contributed by atoms with Crippen molar-refractivity contribution in [3.8, 4) is 0 Å². The Morgan fingerprint density at radius 2 is 2.36 bits per heavy atom. The van der Waals surface area contributed by atoms with Crippen LogP contribution >= 0.6 is 11.8 Å². The van der Waals surface area contributed by atoms with Gasteiger partial charge in [-0.2, -0.15) is 0 Å². The fraction of sp³-hybridized carbons (Fsp3) is 0.444. The van der Waals surface area contributed by atoms with Crippen LogP contribution in [0.25, 0.3) is 0 Å². The van der Waals surface area contributed by atoms with E-state index in [1.165, 1.54) is 4.90 Å². The minimum atomic E-state index is -0.970. The van der Waals surface area contributed by atoms with Gasteiger partial charge < -0.3 is 4.55 Å². The molecule has 0 radical (unpaired) electrons. The van der Waals surface area contributed by atoms with Gasteiger partial charge in [0.25, 0.3) is 0 Å². The molecule has 0 saturated carbocycles. The van der Waals surface area contributed by atoms with Gasteiger partial charge >= 0.3 is 0 Å². The Bertz CT molecular complexity index is 264. The molecule has 1 N–H and O–H groups in total. The van der Waals surface area contributed by atoms with Crippen LogP contribution < -0.4 is 4.72 Å². The summed E-state index contributed by atoms with van der Waals surface area (Å²) in [6, 6.07) is 3.99. The number of nitrogens with zero attached hydrogens (tertiary/aromatic N) is 1. The van der Waals surface area contributed by atoms with Crippen LogP contribution in [0.15, 0.2) is 23.2 Å². The van der Waals surface area contributed by atoms with Crippen molar-refractivity contribution in [1.82, 2.24) is 9.71 Å². The summed E-state index contributed by atoms with van der Waals surface area (Å²) in [6.45, 7) is 2.67. The summed E-state index contributed by atoms with van der Waals surface area (Å²) in [5.74, 6) is 1.05. The van der Waals surface area contributed by atoms with Gasteiger partial charge in [-0.1, -0.05) is 6.92 Å². The molecule has 0 amide bonds. The predicted molar refractivity (Wildman–Crippen MR) is 61.5 cm³/mol. The SMILES string of the molecule is CCSc1ccc(CN[S+](C)[O-])nc1. The van der Waals surface area contributed by atoms with Gasteiger partial charge in [0.05, 0.1) is 12.2 Å². The van der Waals surface area contributed by atoms with Gasteiger partial charge in [0.2, 0.25) is 0 Å². The van der Waals surface area contributed by atoms with Crippen LogP contribution in [0.3, 0.4) is 0 Å². The fourth-order valence-electron chi connectivity index (χ4n) is 0.943. The maximum Gasteiger partial charge on any atom is 0.115 e. The lowest BCUT2D eigenvalue weighted by atomic mass is 10.4.